The number of sulfonamides is 1. The van der Waals surface area contributed by atoms with Crippen molar-refractivity contribution in [1.82, 2.24) is 4.72 Å². The Kier molecular flexibility index (Phi) is 6.92. The van der Waals surface area contributed by atoms with Gasteiger partial charge in [-0.3, -0.25) is 0 Å². The van der Waals surface area contributed by atoms with Crippen LogP contribution in [0.2, 0.25) is 10.0 Å². The highest BCUT2D eigenvalue weighted by molar-refractivity contribution is 7.88. The highest BCUT2D eigenvalue weighted by Gasteiger charge is 2.13. The van der Waals surface area contributed by atoms with Crippen molar-refractivity contribution in [1.29, 1.82) is 0 Å². The van der Waals surface area contributed by atoms with Gasteiger partial charge in [0.05, 0.1) is 12.9 Å². The van der Waals surface area contributed by atoms with Crippen molar-refractivity contribution in [2.75, 3.05) is 13.7 Å². The smallest absolute Gasteiger partial charge is 0.215 e. The minimum absolute atomic E-state index is 0.165. The lowest BCUT2D eigenvalue weighted by atomic mass is 10.1. The summed E-state index contributed by atoms with van der Waals surface area (Å²) in [5.41, 5.74) is 1.63. The molecule has 2 aromatic rings. The normalized spacial score (nSPS) is 11.5. The Morgan fingerprint density at radius 2 is 1.92 bits per heavy atom. The monoisotopic (exact) mass is 387 g/mol. The molecule has 0 amide bonds. The molecule has 0 unspecified atom stereocenters. The van der Waals surface area contributed by atoms with E-state index in [0.717, 1.165) is 17.7 Å². The average molecular weight is 388 g/mol. The Morgan fingerprint density at radius 3 is 2.62 bits per heavy atom. The average Bonchev–Trinajstić information content (AvgIpc) is 2.54. The molecule has 0 saturated heterocycles. The maximum Gasteiger partial charge on any atom is 0.215 e. The van der Waals surface area contributed by atoms with Crippen LogP contribution in [0.3, 0.4) is 0 Å². The van der Waals surface area contributed by atoms with Crippen molar-refractivity contribution >= 4 is 33.2 Å². The van der Waals surface area contributed by atoms with Crippen LogP contribution in [0.1, 0.15) is 17.5 Å². The van der Waals surface area contributed by atoms with Gasteiger partial charge in [0.1, 0.15) is 5.75 Å². The highest BCUT2D eigenvalue weighted by atomic mass is 35.5. The standard InChI is InChI=1S/C17H19Cl2NO3S/c1-23-16-6-2-4-13(10-16)5-3-9-20-24(21,22)12-14-7-8-15(18)11-17(14)19/h2,4,6-8,10-11,20H,3,5,9,12H2,1H3. The van der Waals surface area contributed by atoms with Crippen molar-refractivity contribution in [3.05, 3.63) is 63.6 Å². The molecule has 0 saturated carbocycles. The fraction of sp³-hybridized carbons (Fsp3) is 0.294. The minimum Gasteiger partial charge on any atom is -0.497 e. The van der Waals surface area contributed by atoms with Gasteiger partial charge >= 0.3 is 0 Å². The first kappa shape index (κ1) is 19.1. The Balaban J connectivity index is 1.84. The third kappa shape index (κ3) is 5.98. The molecule has 24 heavy (non-hydrogen) atoms. The molecule has 4 nitrogen and oxygen atoms in total. The molecule has 0 atom stereocenters. The third-order valence-electron chi connectivity index (χ3n) is 3.46. The number of hydrogen-bond acceptors (Lipinski definition) is 3. The number of nitrogens with one attached hydrogen (secondary N) is 1. The topological polar surface area (TPSA) is 55.4 Å². The third-order valence-corrected chi connectivity index (χ3v) is 5.38. The molecule has 7 heteroatoms. The molecule has 0 spiro atoms. The van der Waals surface area contributed by atoms with Gasteiger partial charge in [-0.05, 0) is 48.2 Å². The fourth-order valence-electron chi connectivity index (χ4n) is 2.24. The van der Waals surface area contributed by atoms with Gasteiger partial charge in [0, 0.05) is 16.6 Å². The largest absolute Gasteiger partial charge is 0.497 e. The Labute approximate surface area is 152 Å². The molecule has 0 heterocycles. The zero-order chi connectivity index (χ0) is 17.6. The van der Waals surface area contributed by atoms with Crippen LogP contribution in [0.15, 0.2) is 42.5 Å². The second kappa shape index (κ2) is 8.72. The summed E-state index contributed by atoms with van der Waals surface area (Å²) in [4.78, 5) is 0. The van der Waals surface area contributed by atoms with Crippen LogP contribution in [0.5, 0.6) is 5.75 Å². The number of benzene rings is 2. The van der Waals surface area contributed by atoms with Crippen molar-refractivity contribution in [3.63, 3.8) is 0 Å². The van der Waals surface area contributed by atoms with Crippen LogP contribution in [0.25, 0.3) is 0 Å². The van der Waals surface area contributed by atoms with E-state index >= 15 is 0 Å². The second-order valence-electron chi connectivity index (χ2n) is 5.34. The van der Waals surface area contributed by atoms with Crippen LogP contribution in [-0.2, 0) is 22.2 Å². The zero-order valence-electron chi connectivity index (χ0n) is 13.3. The van der Waals surface area contributed by atoms with Gasteiger partial charge in [-0.15, -0.1) is 0 Å². The van der Waals surface area contributed by atoms with Crippen LogP contribution in [0, 0.1) is 0 Å². The predicted octanol–water partition coefficient (Wildman–Crippen LogP) is 4.05. The summed E-state index contributed by atoms with van der Waals surface area (Å²) in [6, 6.07) is 12.5. The van der Waals surface area contributed by atoms with E-state index in [1.54, 1.807) is 19.2 Å². The lowest BCUT2D eigenvalue weighted by Gasteiger charge is -2.09. The summed E-state index contributed by atoms with van der Waals surface area (Å²) in [6.07, 6.45) is 1.46. The van der Waals surface area contributed by atoms with E-state index in [-0.39, 0.29) is 5.75 Å². The molecule has 0 aliphatic heterocycles. The molecular formula is C17H19Cl2NO3S. The summed E-state index contributed by atoms with van der Waals surface area (Å²) < 4.78 is 32.0. The Morgan fingerprint density at radius 1 is 1.12 bits per heavy atom. The highest BCUT2D eigenvalue weighted by Crippen LogP contribution is 2.22. The molecule has 0 aliphatic carbocycles. The molecule has 1 N–H and O–H groups in total. The number of aryl methyl sites for hydroxylation is 1. The summed E-state index contributed by atoms with van der Waals surface area (Å²) in [5, 5.41) is 0.830. The maximum absolute atomic E-state index is 12.1. The quantitative estimate of drug-likeness (QED) is 0.694. The molecule has 130 valence electrons. The number of ether oxygens (including phenoxy) is 1. The van der Waals surface area contributed by atoms with Crippen LogP contribution >= 0.6 is 23.2 Å². The van der Waals surface area contributed by atoms with E-state index < -0.39 is 10.0 Å². The Bertz CT molecular complexity index is 794. The van der Waals surface area contributed by atoms with Gasteiger partial charge in [0.25, 0.3) is 0 Å². The van der Waals surface area contributed by atoms with E-state index in [1.165, 1.54) is 6.07 Å². The van der Waals surface area contributed by atoms with Gasteiger partial charge < -0.3 is 4.74 Å². The van der Waals surface area contributed by atoms with Gasteiger partial charge in [-0.1, -0.05) is 41.4 Å². The van der Waals surface area contributed by atoms with E-state index in [4.69, 9.17) is 27.9 Å². The van der Waals surface area contributed by atoms with Gasteiger partial charge in [-0.2, -0.15) is 0 Å². The second-order valence-corrected chi connectivity index (χ2v) is 7.99. The van der Waals surface area contributed by atoms with E-state index in [9.17, 15) is 8.42 Å². The number of rotatable bonds is 8. The van der Waals surface area contributed by atoms with Crippen molar-refractivity contribution in [3.8, 4) is 5.75 Å². The summed E-state index contributed by atoms with van der Waals surface area (Å²) >= 11 is 11.8. The summed E-state index contributed by atoms with van der Waals surface area (Å²) in [5.74, 6) is 0.632. The molecule has 0 aromatic heterocycles. The van der Waals surface area contributed by atoms with Gasteiger partial charge in [0.2, 0.25) is 10.0 Å². The lowest BCUT2D eigenvalue weighted by Crippen LogP contribution is -2.26. The zero-order valence-corrected chi connectivity index (χ0v) is 15.6. The van der Waals surface area contributed by atoms with Crippen LogP contribution in [0.4, 0.5) is 0 Å². The molecule has 0 radical (unpaired) electrons. The van der Waals surface area contributed by atoms with E-state index in [1.807, 2.05) is 24.3 Å². The van der Waals surface area contributed by atoms with Crippen molar-refractivity contribution < 1.29 is 13.2 Å². The number of hydrogen-bond donors (Lipinski definition) is 1. The predicted molar refractivity (Wildman–Crippen MR) is 98.4 cm³/mol. The van der Waals surface area contributed by atoms with E-state index in [0.29, 0.717) is 28.6 Å². The summed E-state index contributed by atoms with van der Waals surface area (Å²) in [7, 11) is -1.82. The lowest BCUT2D eigenvalue weighted by molar-refractivity contribution is 0.414. The molecule has 2 rings (SSSR count). The maximum atomic E-state index is 12.1. The Hall–Kier alpha value is -1.27. The first-order chi connectivity index (χ1) is 11.4. The molecule has 0 fully saturated rings. The molecule has 2 aromatic carbocycles. The molecule has 0 bridgehead atoms. The minimum atomic E-state index is -3.44. The SMILES string of the molecule is COc1cccc(CCCNS(=O)(=O)Cc2ccc(Cl)cc2Cl)c1. The van der Waals surface area contributed by atoms with E-state index in [2.05, 4.69) is 4.72 Å². The number of halogens is 2. The van der Waals surface area contributed by atoms with Gasteiger partial charge in [-0.25, -0.2) is 13.1 Å². The van der Waals surface area contributed by atoms with Crippen LogP contribution < -0.4 is 9.46 Å². The van der Waals surface area contributed by atoms with Gasteiger partial charge in [0.15, 0.2) is 0 Å². The molecular weight excluding hydrogens is 369 g/mol. The molecule has 0 aliphatic rings. The van der Waals surface area contributed by atoms with Crippen LogP contribution in [-0.4, -0.2) is 22.1 Å². The number of methoxy groups -OCH3 is 1. The fourth-order valence-corrected chi connectivity index (χ4v) is 4.02. The summed E-state index contributed by atoms with van der Waals surface area (Å²) in [6.45, 7) is 0.366. The van der Waals surface area contributed by atoms with Crippen molar-refractivity contribution in [2.45, 2.75) is 18.6 Å². The first-order valence-corrected chi connectivity index (χ1v) is 9.84. The first-order valence-electron chi connectivity index (χ1n) is 7.44. The van der Waals surface area contributed by atoms with Crippen molar-refractivity contribution in [2.24, 2.45) is 0 Å².